The van der Waals surface area contributed by atoms with Crippen LogP contribution in [0.25, 0.3) is 22.6 Å². The molecule has 1 N–H and O–H groups in total. The Morgan fingerprint density at radius 2 is 1.83 bits per heavy atom. The van der Waals surface area contributed by atoms with Gasteiger partial charge in [-0.1, -0.05) is 13.8 Å². The fraction of sp³-hybridized carbons (Fsp3) is 0.462. The van der Waals surface area contributed by atoms with E-state index in [0.717, 1.165) is 43.8 Å². The Morgan fingerprint density at radius 3 is 2.56 bits per heavy atom. The Morgan fingerprint density at radius 1 is 1.08 bits per heavy atom. The topological polar surface area (TPSA) is 103 Å². The van der Waals surface area contributed by atoms with Gasteiger partial charge in [0, 0.05) is 44.6 Å². The number of aromatic nitrogens is 6. The lowest BCUT2D eigenvalue weighted by atomic mass is 10.1. The molecule has 190 valence electrons. The molecule has 0 saturated carbocycles. The van der Waals surface area contributed by atoms with Gasteiger partial charge < -0.3 is 14.6 Å². The van der Waals surface area contributed by atoms with E-state index >= 15 is 0 Å². The number of anilines is 1. The molecule has 1 unspecified atom stereocenters. The third kappa shape index (κ3) is 4.43. The van der Waals surface area contributed by atoms with Crippen LogP contribution in [0.4, 0.5) is 5.69 Å². The lowest BCUT2D eigenvalue weighted by molar-refractivity contribution is 0.415. The highest BCUT2D eigenvalue weighted by Crippen LogP contribution is 2.27. The Bertz CT molecular complexity index is 1460. The lowest BCUT2D eigenvalue weighted by Crippen LogP contribution is -2.40. The average molecular weight is 492 g/mol. The van der Waals surface area contributed by atoms with Crippen molar-refractivity contribution in [3.05, 3.63) is 57.5 Å². The van der Waals surface area contributed by atoms with Crippen molar-refractivity contribution in [2.24, 2.45) is 5.92 Å². The van der Waals surface area contributed by atoms with Gasteiger partial charge in [0.15, 0.2) is 5.65 Å². The van der Waals surface area contributed by atoms with Gasteiger partial charge in [0.25, 0.3) is 5.56 Å². The molecule has 3 aromatic heterocycles. The number of nitrogens with one attached hydrogen (secondary N) is 1. The Labute approximate surface area is 209 Å². The maximum Gasteiger partial charge on any atom is 0.332 e. The Balaban J connectivity index is 1.36. The standard InChI is InChI=1S/C26H33N7O3/c1-4-11-32-24-22(25(34)33(12-5-2)26(32)35)28-23(29-24)19-14-27-31(17-19)16-18-10-13-30(15-18)20-6-8-21(36-3)9-7-20/h6-9,14,17-18H,4-5,10-13,15-16H2,1-3H3,(H,28,29). The van der Waals surface area contributed by atoms with Gasteiger partial charge in [0.2, 0.25) is 0 Å². The number of fused-ring (bicyclic) bond motifs is 1. The Hall–Kier alpha value is -3.82. The van der Waals surface area contributed by atoms with Crippen molar-refractivity contribution in [3.63, 3.8) is 0 Å². The van der Waals surface area contributed by atoms with Crippen LogP contribution in [0.3, 0.4) is 0 Å². The summed E-state index contributed by atoms with van der Waals surface area (Å²) in [5, 5.41) is 4.56. The SMILES string of the molecule is CCCn1c(=O)c2[nH]c(-c3cnn(CC4CCN(c5ccc(OC)cc5)C4)c3)nc2n(CCC)c1=O. The molecule has 36 heavy (non-hydrogen) atoms. The van der Waals surface area contributed by atoms with E-state index in [1.54, 1.807) is 17.9 Å². The molecule has 4 heterocycles. The summed E-state index contributed by atoms with van der Waals surface area (Å²) in [5.41, 5.74) is 2.16. The number of benzene rings is 1. The number of hydrogen-bond acceptors (Lipinski definition) is 6. The molecule has 10 heteroatoms. The molecule has 1 aliphatic rings. The van der Waals surface area contributed by atoms with Crippen LogP contribution in [0.2, 0.25) is 0 Å². The van der Waals surface area contributed by atoms with E-state index in [0.29, 0.717) is 42.4 Å². The molecule has 0 bridgehead atoms. The fourth-order valence-corrected chi connectivity index (χ4v) is 5.01. The van der Waals surface area contributed by atoms with Crippen molar-refractivity contribution in [1.29, 1.82) is 0 Å². The number of aromatic amines is 1. The van der Waals surface area contributed by atoms with Gasteiger partial charge in [0.05, 0.1) is 18.9 Å². The van der Waals surface area contributed by atoms with Crippen LogP contribution >= 0.6 is 0 Å². The second-order valence-electron chi connectivity index (χ2n) is 9.42. The highest BCUT2D eigenvalue weighted by Gasteiger charge is 2.24. The molecule has 0 radical (unpaired) electrons. The number of imidazole rings is 1. The van der Waals surface area contributed by atoms with Crippen LogP contribution in [-0.4, -0.2) is 49.1 Å². The smallest absolute Gasteiger partial charge is 0.332 e. The van der Waals surface area contributed by atoms with E-state index < -0.39 is 0 Å². The molecule has 5 rings (SSSR count). The zero-order valence-corrected chi connectivity index (χ0v) is 21.1. The average Bonchev–Trinajstić information content (AvgIpc) is 3.65. The van der Waals surface area contributed by atoms with E-state index in [1.807, 2.05) is 36.9 Å². The molecule has 1 aromatic carbocycles. The van der Waals surface area contributed by atoms with Crippen molar-refractivity contribution < 1.29 is 4.74 Å². The molecule has 0 aliphatic carbocycles. The van der Waals surface area contributed by atoms with Gasteiger partial charge in [-0.05, 0) is 49.4 Å². The normalized spacial score (nSPS) is 15.8. The molecule has 1 aliphatic heterocycles. The monoisotopic (exact) mass is 491 g/mol. The Kier molecular flexibility index (Phi) is 6.67. The zero-order chi connectivity index (χ0) is 25.2. The molecular weight excluding hydrogens is 458 g/mol. The van der Waals surface area contributed by atoms with Crippen LogP contribution in [0, 0.1) is 5.92 Å². The summed E-state index contributed by atoms with van der Waals surface area (Å²) in [6.07, 6.45) is 6.29. The maximum atomic E-state index is 13.0. The van der Waals surface area contributed by atoms with E-state index in [4.69, 9.17) is 4.74 Å². The molecule has 10 nitrogen and oxygen atoms in total. The number of methoxy groups -OCH3 is 1. The van der Waals surface area contributed by atoms with Crippen LogP contribution in [0.1, 0.15) is 33.1 Å². The van der Waals surface area contributed by atoms with Crippen LogP contribution in [0.5, 0.6) is 5.75 Å². The summed E-state index contributed by atoms with van der Waals surface area (Å²) in [5.74, 6) is 1.89. The van der Waals surface area contributed by atoms with Crippen LogP contribution in [-0.2, 0) is 19.6 Å². The predicted molar refractivity (Wildman–Crippen MR) is 140 cm³/mol. The first-order valence-corrected chi connectivity index (χ1v) is 12.7. The summed E-state index contributed by atoms with van der Waals surface area (Å²) in [4.78, 5) is 36.2. The molecule has 0 spiro atoms. The molecule has 1 saturated heterocycles. The minimum atomic E-state index is -0.320. The van der Waals surface area contributed by atoms with Gasteiger partial charge in [0.1, 0.15) is 17.1 Å². The summed E-state index contributed by atoms with van der Waals surface area (Å²) < 4.78 is 10.1. The van der Waals surface area contributed by atoms with E-state index in [1.165, 1.54) is 10.3 Å². The maximum absolute atomic E-state index is 13.0. The number of nitrogens with zero attached hydrogens (tertiary/aromatic N) is 6. The first kappa shape index (κ1) is 23.9. The number of hydrogen-bond donors (Lipinski definition) is 1. The first-order valence-electron chi connectivity index (χ1n) is 12.7. The molecule has 1 fully saturated rings. The van der Waals surface area contributed by atoms with Crippen LogP contribution in [0.15, 0.2) is 46.2 Å². The first-order chi connectivity index (χ1) is 17.5. The fourth-order valence-electron chi connectivity index (χ4n) is 5.01. The zero-order valence-electron chi connectivity index (χ0n) is 21.1. The summed E-state index contributed by atoms with van der Waals surface area (Å²) >= 11 is 0. The van der Waals surface area contributed by atoms with Crippen molar-refractivity contribution in [2.45, 2.75) is 52.7 Å². The second kappa shape index (κ2) is 10.0. The summed E-state index contributed by atoms with van der Waals surface area (Å²) in [6, 6.07) is 8.18. The summed E-state index contributed by atoms with van der Waals surface area (Å²) in [6.45, 7) is 7.63. The van der Waals surface area contributed by atoms with Crippen molar-refractivity contribution in [1.82, 2.24) is 28.9 Å². The number of aryl methyl sites for hydroxylation is 1. The van der Waals surface area contributed by atoms with E-state index in [9.17, 15) is 9.59 Å². The van der Waals surface area contributed by atoms with Gasteiger partial charge in [-0.15, -0.1) is 0 Å². The largest absolute Gasteiger partial charge is 0.497 e. The van der Waals surface area contributed by atoms with Crippen LogP contribution < -0.4 is 20.9 Å². The van der Waals surface area contributed by atoms with Gasteiger partial charge in [-0.2, -0.15) is 5.10 Å². The highest BCUT2D eigenvalue weighted by molar-refractivity contribution is 5.75. The second-order valence-corrected chi connectivity index (χ2v) is 9.42. The highest BCUT2D eigenvalue weighted by atomic mass is 16.5. The van der Waals surface area contributed by atoms with Gasteiger partial charge >= 0.3 is 5.69 Å². The van der Waals surface area contributed by atoms with Crippen molar-refractivity contribution >= 4 is 16.9 Å². The molecule has 1 atom stereocenters. The minimum Gasteiger partial charge on any atom is -0.497 e. The third-order valence-corrected chi connectivity index (χ3v) is 6.83. The van der Waals surface area contributed by atoms with Gasteiger partial charge in [-0.3, -0.25) is 18.6 Å². The molecule has 4 aromatic rings. The number of H-pyrrole nitrogens is 1. The minimum absolute atomic E-state index is 0.299. The molecule has 0 amide bonds. The quantitative estimate of drug-likeness (QED) is 0.386. The van der Waals surface area contributed by atoms with Crippen molar-refractivity contribution in [3.8, 4) is 17.1 Å². The van der Waals surface area contributed by atoms with E-state index in [-0.39, 0.29) is 11.2 Å². The van der Waals surface area contributed by atoms with Crippen molar-refractivity contribution in [2.75, 3.05) is 25.1 Å². The lowest BCUT2D eigenvalue weighted by Gasteiger charge is -2.19. The third-order valence-electron chi connectivity index (χ3n) is 6.83. The summed E-state index contributed by atoms with van der Waals surface area (Å²) in [7, 11) is 1.68. The van der Waals surface area contributed by atoms with Gasteiger partial charge in [-0.25, -0.2) is 9.78 Å². The number of rotatable bonds is 9. The molecular formula is C26H33N7O3. The predicted octanol–water partition coefficient (Wildman–Crippen LogP) is 3.10. The number of ether oxygens (including phenoxy) is 1. The van der Waals surface area contributed by atoms with E-state index in [2.05, 4.69) is 32.1 Å².